The predicted octanol–water partition coefficient (Wildman–Crippen LogP) is 7.00. The first-order valence-corrected chi connectivity index (χ1v) is 8.76. The van der Waals surface area contributed by atoms with Gasteiger partial charge in [-0.3, -0.25) is 0 Å². The van der Waals surface area contributed by atoms with Crippen LogP contribution in [0.4, 0.5) is 0 Å². The Morgan fingerprint density at radius 2 is 1.26 bits per heavy atom. The molecule has 19 heavy (non-hydrogen) atoms. The second-order valence-electron chi connectivity index (χ2n) is 6.65. The summed E-state index contributed by atoms with van der Waals surface area (Å²) >= 11 is 0. The van der Waals surface area contributed by atoms with E-state index in [2.05, 4.69) is 46.8 Å². The van der Waals surface area contributed by atoms with Gasteiger partial charge in [-0.1, -0.05) is 85.3 Å². The van der Waals surface area contributed by atoms with Gasteiger partial charge in [0, 0.05) is 0 Å². The zero-order valence-electron chi connectivity index (χ0n) is 14.3. The average Bonchev–Trinajstić information content (AvgIpc) is 2.42. The van der Waals surface area contributed by atoms with Crippen molar-refractivity contribution in [3.8, 4) is 0 Å². The number of allylic oxidation sites excluding steroid dienone is 2. The Morgan fingerprint density at radius 3 is 1.84 bits per heavy atom. The van der Waals surface area contributed by atoms with Crippen LogP contribution in [0, 0.1) is 17.8 Å². The molecule has 0 heterocycles. The molecule has 114 valence electrons. The molecule has 0 heteroatoms. The maximum absolute atomic E-state index is 2.44. The van der Waals surface area contributed by atoms with E-state index in [4.69, 9.17) is 0 Å². The van der Waals surface area contributed by atoms with Gasteiger partial charge >= 0.3 is 0 Å². The van der Waals surface area contributed by atoms with Crippen molar-refractivity contribution in [1.29, 1.82) is 0 Å². The minimum absolute atomic E-state index is 0.778. The zero-order chi connectivity index (χ0) is 14.5. The molecule has 0 bridgehead atoms. The molecule has 0 saturated heterocycles. The van der Waals surface area contributed by atoms with Crippen LogP contribution in [0.3, 0.4) is 0 Å². The molecular formula is C19H38. The fourth-order valence-corrected chi connectivity index (χ4v) is 2.38. The van der Waals surface area contributed by atoms with Gasteiger partial charge in [-0.2, -0.15) is 0 Å². The van der Waals surface area contributed by atoms with Crippen molar-refractivity contribution >= 4 is 0 Å². The summed E-state index contributed by atoms with van der Waals surface area (Å²) in [4.78, 5) is 0. The smallest absolute Gasteiger partial charge is 0.0262 e. The molecule has 0 aliphatic rings. The standard InChI is InChI=1S/C19H38/c1-6-17(3)13-9-8-10-15-19(5)16-12-11-14-18(4)7-2/h10,15,17-19H,6-9,11-14,16H2,1-5H3. The van der Waals surface area contributed by atoms with Crippen molar-refractivity contribution in [2.24, 2.45) is 17.8 Å². The summed E-state index contributed by atoms with van der Waals surface area (Å²) in [5.41, 5.74) is 0. The SMILES string of the molecule is CCC(C)CCCC=CC(C)CCCCC(C)CC. The first-order chi connectivity index (χ1) is 9.10. The van der Waals surface area contributed by atoms with Crippen LogP contribution in [0.1, 0.15) is 92.4 Å². The van der Waals surface area contributed by atoms with Crippen LogP contribution < -0.4 is 0 Å². The Hall–Kier alpha value is -0.260. The third-order valence-electron chi connectivity index (χ3n) is 4.53. The molecule has 0 aromatic rings. The molecule has 0 aliphatic heterocycles. The van der Waals surface area contributed by atoms with Crippen molar-refractivity contribution in [3.63, 3.8) is 0 Å². The Morgan fingerprint density at radius 1 is 0.737 bits per heavy atom. The number of hydrogen-bond donors (Lipinski definition) is 0. The van der Waals surface area contributed by atoms with Crippen LogP contribution in [0.15, 0.2) is 12.2 Å². The van der Waals surface area contributed by atoms with Crippen molar-refractivity contribution in [2.45, 2.75) is 92.4 Å². The fraction of sp³-hybridized carbons (Fsp3) is 0.895. The van der Waals surface area contributed by atoms with E-state index < -0.39 is 0 Å². The Kier molecular flexibility index (Phi) is 12.6. The second kappa shape index (κ2) is 12.8. The quantitative estimate of drug-likeness (QED) is 0.263. The fourth-order valence-electron chi connectivity index (χ4n) is 2.38. The highest BCUT2D eigenvalue weighted by Gasteiger charge is 2.01. The van der Waals surface area contributed by atoms with Crippen molar-refractivity contribution in [2.75, 3.05) is 0 Å². The van der Waals surface area contributed by atoms with Crippen molar-refractivity contribution < 1.29 is 0 Å². The third kappa shape index (κ3) is 12.5. The molecule has 0 aromatic heterocycles. The molecule has 0 aromatic carbocycles. The molecule has 0 radical (unpaired) electrons. The van der Waals surface area contributed by atoms with E-state index in [0.29, 0.717) is 0 Å². The minimum Gasteiger partial charge on any atom is -0.0883 e. The highest BCUT2D eigenvalue weighted by molar-refractivity contribution is 4.86. The summed E-state index contributed by atoms with van der Waals surface area (Å²) in [7, 11) is 0. The highest BCUT2D eigenvalue weighted by atomic mass is 14.1. The van der Waals surface area contributed by atoms with E-state index in [9.17, 15) is 0 Å². The molecule has 0 nitrogen and oxygen atoms in total. The van der Waals surface area contributed by atoms with E-state index in [0.717, 1.165) is 17.8 Å². The molecule has 3 atom stereocenters. The van der Waals surface area contributed by atoms with Crippen LogP contribution >= 0.6 is 0 Å². The van der Waals surface area contributed by atoms with Crippen LogP contribution in [0.25, 0.3) is 0 Å². The normalized spacial score (nSPS) is 16.7. The summed E-state index contributed by atoms with van der Waals surface area (Å²) in [6, 6.07) is 0. The van der Waals surface area contributed by atoms with Crippen LogP contribution in [-0.4, -0.2) is 0 Å². The summed E-state index contributed by atoms with van der Waals surface area (Å²) in [5, 5.41) is 0. The highest BCUT2D eigenvalue weighted by Crippen LogP contribution is 2.16. The lowest BCUT2D eigenvalue weighted by Crippen LogP contribution is -1.94. The van der Waals surface area contributed by atoms with E-state index in [-0.39, 0.29) is 0 Å². The van der Waals surface area contributed by atoms with Gasteiger partial charge in [-0.05, 0) is 37.0 Å². The molecule has 0 saturated carbocycles. The molecule has 0 N–H and O–H groups in total. The molecule has 0 fully saturated rings. The monoisotopic (exact) mass is 266 g/mol. The molecule has 0 aliphatic carbocycles. The van der Waals surface area contributed by atoms with Crippen LogP contribution in [0.5, 0.6) is 0 Å². The van der Waals surface area contributed by atoms with E-state index in [1.54, 1.807) is 0 Å². The molecule has 0 spiro atoms. The van der Waals surface area contributed by atoms with Crippen molar-refractivity contribution in [1.82, 2.24) is 0 Å². The largest absolute Gasteiger partial charge is 0.0883 e. The Labute approximate surface area is 123 Å². The van der Waals surface area contributed by atoms with Crippen LogP contribution in [-0.2, 0) is 0 Å². The van der Waals surface area contributed by atoms with Gasteiger partial charge in [0.2, 0.25) is 0 Å². The molecule has 3 unspecified atom stereocenters. The van der Waals surface area contributed by atoms with Crippen molar-refractivity contribution in [3.05, 3.63) is 12.2 Å². The first kappa shape index (κ1) is 18.7. The van der Waals surface area contributed by atoms with Gasteiger partial charge in [0.05, 0.1) is 0 Å². The number of unbranched alkanes of at least 4 members (excludes halogenated alkanes) is 2. The van der Waals surface area contributed by atoms with Gasteiger partial charge in [0.15, 0.2) is 0 Å². The Bertz CT molecular complexity index is 204. The van der Waals surface area contributed by atoms with E-state index >= 15 is 0 Å². The second-order valence-corrected chi connectivity index (χ2v) is 6.65. The molecular weight excluding hydrogens is 228 g/mol. The zero-order valence-corrected chi connectivity index (χ0v) is 14.3. The van der Waals surface area contributed by atoms with Gasteiger partial charge in [-0.15, -0.1) is 0 Å². The predicted molar refractivity (Wildman–Crippen MR) is 89.5 cm³/mol. The lowest BCUT2D eigenvalue weighted by Gasteiger charge is -2.09. The maximum atomic E-state index is 2.44. The van der Waals surface area contributed by atoms with Crippen LogP contribution in [0.2, 0.25) is 0 Å². The Balaban J connectivity index is 3.44. The summed E-state index contributed by atoms with van der Waals surface area (Å²) in [5.74, 6) is 2.61. The first-order valence-electron chi connectivity index (χ1n) is 8.76. The maximum Gasteiger partial charge on any atom is -0.0262 e. The van der Waals surface area contributed by atoms with Gasteiger partial charge in [0.25, 0.3) is 0 Å². The topological polar surface area (TPSA) is 0 Å². The van der Waals surface area contributed by atoms with Gasteiger partial charge in [-0.25, -0.2) is 0 Å². The van der Waals surface area contributed by atoms with Gasteiger partial charge in [0.1, 0.15) is 0 Å². The third-order valence-corrected chi connectivity index (χ3v) is 4.53. The van der Waals surface area contributed by atoms with E-state index in [1.807, 2.05) is 0 Å². The lowest BCUT2D eigenvalue weighted by molar-refractivity contribution is 0.464. The average molecular weight is 267 g/mol. The molecule has 0 amide bonds. The summed E-state index contributed by atoms with van der Waals surface area (Å²) in [6.07, 6.45) is 17.2. The lowest BCUT2D eigenvalue weighted by atomic mass is 9.97. The van der Waals surface area contributed by atoms with Gasteiger partial charge < -0.3 is 0 Å². The summed E-state index contributed by atoms with van der Waals surface area (Å²) in [6.45, 7) is 11.7. The van der Waals surface area contributed by atoms with E-state index in [1.165, 1.54) is 57.8 Å². The number of rotatable bonds is 12. The minimum atomic E-state index is 0.778. The summed E-state index contributed by atoms with van der Waals surface area (Å²) < 4.78 is 0. The number of hydrogen-bond acceptors (Lipinski definition) is 0. The molecule has 0 rings (SSSR count).